The molecule has 7 heteroatoms. The second-order valence-electron chi connectivity index (χ2n) is 8.77. The van der Waals surface area contributed by atoms with E-state index < -0.39 is 11.7 Å². The Balaban J connectivity index is 1.44. The van der Waals surface area contributed by atoms with Gasteiger partial charge < -0.3 is 29.7 Å². The van der Waals surface area contributed by atoms with E-state index in [2.05, 4.69) is 5.32 Å². The number of Topliss-reactive ketones (excluding diaryl/α,β-unsaturated/α-hetero) is 1. The third kappa shape index (κ3) is 3.90. The molecule has 3 N–H and O–H groups in total. The third-order valence-corrected chi connectivity index (χ3v) is 6.06. The first-order valence-corrected chi connectivity index (χ1v) is 10.8. The molecule has 2 aliphatic heterocycles. The number of fused-ring (bicyclic) bond motifs is 2. The molecule has 7 nitrogen and oxygen atoms in total. The molecule has 3 aromatic carbocycles. The van der Waals surface area contributed by atoms with E-state index in [-0.39, 0.29) is 18.5 Å². The highest BCUT2D eigenvalue weighted by atomic mass is 16.6. The van der Waals surface area contributed by atoms with Crippen molar-refractivity contribution in [2.75, 3.05) is 13.2 Å². The Morgan fingerprint density at radius 1 is 1.09 bits per heavy atom. The van der Waals surface area contributed by atoms with Gasteiger partial charge in [0.1, 0.15) is 24.7 Å². The van der Waals surface area contributed by atoms with E-state index in [1.165, 1.54) is 0 Å². The van der Waals surface area contributed by atoms with Crippen LogP contribution in [-0.4, -0.2) is 41.6 Å². The monoisotopic (exact) mass is 447 g/mol. The van der Waals surface area contributed by atoms with Gasteiger partial charge in [-0.25, -0.2) is 0 Å². The predicted molar refractivity (Wildman–Crippen MR) is 122 cm³/mol. The van der Waals surface area contributed by atoms with Crippen molar-refractivity contribution < 1.29 is 29.2 Å². The Bertz CT molecular complexity index is 1260. The number of aliphatic hydroxyl groups is 2. The van der Waals surface area contributed by atoms with Crippen LogP contribution in [0.1, 0.15) is 24.2 Å². The van der Waals surface area contributed by atoms with Gasteiger partial charge in [-0.2, -0.15) is 0 Å². The van der Waals surface area contributed by atoms with Crippen molar-refractivity contribution in [1.82, 2.24) is 5.32 Å². The van der Waals surface area contributed by atoms with Gasteiger partial charge in [-0.05, 0) is 37.4 Å². The lowest BCUT2D eigenvalue weighted by atomic mass is 9.90. The zero-order valence-electron chi connectivity index (χ0n) is 18.4. The fraction of sp³-hybridized carbons (Fsp3) is 0.269. The van der Waals surface area contributed by atoms with Gasteiger partial charge in [0.15, 0.2) is 23.9 Å². The molecule has 0 aliphatic carbocycles. The first-order chi connectivity index (χ1) is 15.9. The first-order valence-electron chi connectivity index (χ1n) is 10.8. The minimum Gasteiger partial charge on any atom is -0.488 e. The maximum Gasteiger partial charge on any atom is 0.214 e. The highest BCUT2D eigenvalue weighted by Crippen LogP contribution is 2.40. The molecule has 3 aromatic rings. The molecule has 1 atom stereocenters. The van der Waals surface area contributed by atoms with Crippen LogP contribution in [0, 0.1) is 5.41 Å². The SMILES string of the molecule is CC(C)(C1=C(C(=O)c2ccc3ccccc3c2OCC2COc3ccccc3O2)N1)C(O)O. The van der Waals surface area contributed by atoms with Crippen LogP contribution in [0.3, 0.4) is 0 Å². The van der Waals surface area contributed by atoms with E-state index in [9.17, 15) is 15.0 Å². The molecule has 0 aromatic heterocycles. The molecule has 0 radical (unpaired) electrons. The number of hydrogen-bond acceptors (Lipinski definition) is 7. The molecule has 0 amide bonds. The number of ketones is 1. The van der Waals surface area contributed by atoms with Gasteiger partial charge in [-0.15, -0.1) is 0 Å². The summed E-state index contributed by atoms with van der Waals surface area (Å²) >= 11 is 0. The number of carbonyl (C=O) groups is 1. The highest BCUT2D eigenvalue weighted by molar-refractivity contribution is 6.15. The molecule has 2 heterocycles. The van der Waals surface area contributed by atoms with E-state index in [0.717, 1.165) is 10.8 Å². The normalized spacial score (nSPS) is 17.2. The fourth-order valence-electron chi connectivity index (χ4n) is 3.91. The molecule has 0 saturated carbocycles. The summed E-state index contributed by atoms with van der Waals surface area (Å²) in [6.45, 7) is 3.86. The topological polar surface area (TPSA) is 107 Å². The van der Waals surface area contributed by atoms with Crippen LogP contribution in [-0.2, 0) is 0 Å². The van der Waals surface area contributed by atoms with Crippen LogP contribution < -0.4 is 19.5 Å². The van der Waals surface area contributed by atoms with E-state index in [1.54, 1.807) is 19.9 Å². The van der Waals surface area contributed by atoms with E-state index >= 15 is 0 Å². The number of ether oxygens (including phenoxy) is 3. The molecule has 170 valence electrons. The van der Waals surface area contributed by atoms with Crippen LogP contribution >= 0.6 is 0 Å². The van der Waals surface area contributed by atoms with E-state index in [4.69, 9.17) is 14.2 Å². The van der Waals surface area contributed by atoms with Crippen molar-refractivity contribution in [1.29, 1.82) is 0 Å². The number of carbonyl (C=O) groups excluding carboxylic acids is 1. The molecule has 2 aliphatic rings. The first kappa shape index (κ1) is 21.3. The lowest BCUT2D eigenvalue weighted by Crippen LogP contribution is -2.34. The maximum absolute atomic E-state index is 13.3. The van der Waals surface area contributed by atoms with Gasteiger partial charge >= 0.3 is 0 Å². The number of para-hydroxylation sites is 2. The van der Waals surface area contributed by atoms with Crippen LogP contribution in [0.5, 0.6) is 17.2 Å². The number of rotatable bonds is 7. The van der Waals surface area contributed by atoms with Crippen molar-refractivity contribution in [2.45, 2.75) is 26.2 Å². The second kappa shape index (κ2) is 8.10. The number of hydrogen-bond donors (Lipinski definition) is 3. The molecular weight excluding hydrogens is 422 g/mol. The number of allylic oxidation sites excluding steroid dienone is 1. The maximum atomic E-state index is 13.3. The van der Waals surface area contributed by atoms with Crippen LogP contribution in [0.25, 0.3) is 10.8 Å². The lowest BCUT2D eigenvalue weighted by molar-refractivity contribution is -0.105. The molecule has 33 heavy (non-hydrogen) atoms. The summed E-state index contributed by atoms with van der Waals surface area (Å²) < 4.78 is 18.0. The van der Waals surface area contributed by atoms with Gasteiger partial charge in [0.2, 0.25) is 5.78 Å². The van der Waals surface area contributed by atoms with E-state index in [0.29, 0.717) is 40.8 Å². The van der Waals surface area contributed by atoms with Crippen molar-refractivity contribution in [3.05, 3.63) is 77.6 Å². The second-order valence-corrected chi connectivity index (χ2v) is 8.77. The third-order valence-electron chi connectivity index (χ3n) is 6.06. The molecule has 0 spiro atoms. The Kier molecular flexibility index (Phi) is 5.23. The van der Waals surface area contributed by atoms with Gasteiger partial charge in [0.25, 0.3) is 0 Å². The van der Waals surface area contributed by atoms with Crippen molar-refractivity contribution in [3.63, 3.8) is 0 Å². The Morgan fingerprint density at radius 3 is 2.61 bits per heavy atom. The van der Waals surface area contributed by atoms with E-state index in [1.807, 2.05) is 54.6 Å². The molecule has 0 bridgehead atoms. The average Bonchev–Trinajstić information content (AvgIpc) is 3.63. The predicted octanol–water partition coefficient (Wildman–Crippen LogP) is 3.39. The molecule has 0 fully saturated rings. The Morgan fingerprint density at radius 2 is 1.82 bits per heavy atom. The summed E-state index contributed by atoms with van der Waals surface area (Å²) in [6.07, 6.45) is -1.93. The van der Waals surface area contributed by atoms with Gasteiger partial charge in [0, 0.05) is 5.39 Å². The van der Waals surface area contributed by atoms with Gasteiger partial charge in [-0.3, -0.25) is 4.79 Å². The smallest absolute Gasteiger partial charge is 0.214 e. The summed E-state index contributed by atoms with van der Waals surface area (Å²) in [6, 6.07) is 18.8. The zero-order chi connectivity index (χ0) is 23.2. The summed E-state index contributed by atoms with van der Waals surface area (Å²) in [4.78, 5) is 13.3. The highest BCUT2D eigenvalue weighted by Gasteiger charge is 2.44. The summed E-state index contributed by atoms with van der Waals surface area (Å²) in [5.41, 5.74) is 0.289. The summed E-state index contributed by atoms with van der Waals surface area (Å²) in [7, 11) is 0. The average molecular weight is 447 g/mol. The molecule has 0 saturated heterocycles. The largest absolute Gasteiger partial charge is 0.488 e. The Hall–Kier alpha value is -3.55. The van der Waals surface area contributed by atoms with Crippen LogP contribution in [0.4, 0.5) is 0 Å². The van der Waals surface area contributed by atoms with Crippen molar-refractivity contribution in [2.24, 2.45) is 5.41 Å². The van der Waals surface area contributed by atoms with Crippen LogP contribution in [0.15, 0.2) is 72.1 Å². The van der Waals surface area contributed by atoms with Crippen LogP contribution in [0.2, 0.25) is 0 Å². The van der Waals surface area contributed by atoms with Gasteiger partial charge in [-0.1, -0.05) is 42.5 Å². The molecule has 5 rings (SSSR count). The van der Waals surface area contributed by atoms with Gasteiger partial charge in [0.05, 0.1) is 16.7 Å². The minimum atomic E-state index is -1.59. The number of benzene rings is 3. The number of nitrogens with one attached hydrogen (secondary N) is 1. The molecule has 1 unspecified atom stereocenters. The Labute approximate surface area is 191 Å². The standard InChI is InChI=1S/C26H25NO6/c1-26(2,25(29)30)24-21(27-24)22(28)18-12-11-15-7-3-4-8-17(15)23(18)32-14-16-13-31-19-9-5-6-10-20(19)33-16/h3-12,16,25,27,29-30H,13-14H2,1-2H3. The zero-order valence-corrected chi connectivity index (χ0v) is 18.4. The fourth-order valence-corrected chi connectivity index (χ4v) is 3.91. The van der Waals surface area contributed by atoms with Crippen molar-refractivity contribution in [3.8, 4) is 17.2 Å². The minimum absolute atomic E-state index is 0.197. The quantitative estimate of drug-likeness (QED) is 0.376. The van der Waals surface area contributed by atoms with Crippen molar-refractivity contribution >= 4 is 16.6 Å². The summed E-state index contributed by atoms with van der Waals surface area (Å²) in [5.74, 6) is 1.56. The molecular formula is C26H25NO6. The lowest BCUT2D eigenvalue weighted by Gasteiger charge is -2.26. The number of aliphatic hydroxyl groups excluding tert-OH is 1. The summed E-state index contributed by atoms with van der Waals surface area (Å²) in [5, 5.41) is 24.0.